The number of aromatic hydroxyl groups is 1. The van der Waals surface area contributed by atoms with Crippen LogP contribution in [0.15, 0.2) is 42.6 Å². The number of alkyl halides is 3. The Hall–Kier alpha value is -3.86. The molecule has 172 valence electrons. The second kappa shape index (κ2) is 8.24. The lowest BCUT2D eigenvalue weighted by molar-refractivity contribution is -0.207. The van der Waals surface area contributed by atoms with Crippen molar-refractivity contribution in [2.24, 2.45) is 0 Å². The molecule has 0 aliphatic heterocycles. The van der Waals surface area contributed by atoms with Gasteiger partial charge in [-0.15, -0.1) is 0 Å². The molecule has 0 saturated carbocycles. The topological polar surface area (TPSA) is 103 Å². The highest BCUT2D eigenvalue weighted by atomic mass is 19.4. The zero-order chi connectivity index (χ0) is 23.9. The van der Waals surface area contributed by atoms with E-state index in [4.69, 9.17) is 9.47 Å². The van der Waals surface area contributed by atoms with Crippen LogP contribution in [0.1, 0.15) is 17.5 Å². The molecule has 0 bridgehead atoms. The van der Waals surface area contributed by atoms with E-state index in [0.29, 0.717) is 39.5 Å². The highest BCUT2D eigenvalue weighted by Gasteiger charge is 2.40. The summed E-state index contributed by atoms with van der Waals surface area (Å²) < 4.78 is 50.5. The second-order valence-electron chi connectivity index (χ2n) is 7.14. The Morgan fingerprint density at radius 2 is 1.82 bits per heavy atom. The third-order valence-electron chi connectivity index (χ3n) is 5.13. The van der Waals surface area contributed by atoms with E-state index in [1.54, 1.807) is 31.3 Å². The standard InChI is InChI=1S/C22H19F3N4O4/c1-11-18-13(7-8-14(28-18)12-9-16(32-2)20(33-3)26-10-12)21(31)29(11)17-6-4-5-15(27-17)19(30)22(23,24)25/h4-10,19,30-31H,1-3H3. The minimum absolute atomic E-state index is 0.0122. The zero-order valence-electron chi connectivity index (χ0n) is 17.8. The van der Waals surface area contributed by atoms with Gasteiger partial charge < -0.3 is 19.7 Å². The summed E-state index contributed by atoms with van der Waals surface area (Å²) in [5, 5.41) is 20.7. The summed E-state index contributed by atoms with van der Waals surface area (Å²) in [5.74, 6) is 0.504. The van der Waals surface area contributed by atoms with Crippen LogP contribution in [0.5, 0.6) is 17.5 Å². The molecule has 1 unspecified atom stereocenters. The maximum absolute atomic E-state index is 12.9. The fourth-order valence-corrected chi connectivity index (χ4v) is 3.50. The van der Waals surface area contributed by atoms with E-state index < -0.39 is 18.0 Å². The molecule has 0 spiro atoms. The Balaban J connectivity index is 1.82. The smallest absolute Gasteiger partial charge is 0.420 e. The van der Waals surface area contributed by atoms with Crippen molar-refractivity contribution in [3.05, 3.63) is 54.0 Å². The number of ether oxygens (including phenoxy) is 2. The van der Waals surface area contributed by atoms with Crippen LogP contribution >= 0.6 is 0 Å². The monoisotopic (exact) mass is 460 g/mol. The highest BCUT2D eigenvalue weighted by molar-refractivity contribution is 5.90. The number of hydrogen-bond donors (Lipinski definition) is 2. The van der Waals surface area contributed by atoms with Crippen molar-refractivity contribution in [2.45, 2.75) is 19.2 Å². The molecule has 8 nitrogen and oxygen atoms in total. The Labute approximate surface area is 185 Å². The van der Waals surface area contributed by atoms with Crippen LogP contribution in [0, 0.1) is 6.92 Å². The van der Waals surface area contributed by atoms with Crippen LogP contribution in [0.25, 0.3) is 28.0 Å². The normalized spacial score (nSPS) is 12.7. The van der Waals surface area contributed by atoms with E-state index in [1.165, 1.54) is 30.9 Å². The van der Waals surface area contributed by atoms with Crippen LogP contribution in [0.4, 0.5) is 13.2 Å². The average molecular weight is 460 g/mol. The predicted molar refractivity (Wildman–Crippen MR) is 113 cm³/mol. The molecule has 4 heterocycles. The summed E-state index contributed by atoms with van der Waals surface area (Å²) in [7, 11) is 2.96. The van der Waals surface area contributed by atoms with Crippen molar-refractivity contribution < 1.29 is 32.9 Å². The molecule has 0 fully saturated rings. The van der Waals surface area contributed by atoms with Crippen molar-refractivity contribution in [2.75, 3.05) is 14.2 Å². The molecule has 0 aliphatic carbocycles. The zero-order valence-corrected chi connectivity index (χ0v) is 17.8. The molecule has 0 saturated heterocycles. The lowest BCUT2D eigenvalue weighted by Gasteiger charge is -2.15. The maximum atomic E-state index is 12.9. The van der Waals surface area contributed by atoms with Crippen LogP contribution in [0.3, 0.4) is 0 Å². The van der Waals surface area contributed by atoms with Gasteiger partial charge in [0, 0.05) is 11.8 Å². The SMILES string of the molecule is COc1cc(-c2ccc3c(O)n(-c4cccc(C(O)C(F)(F)F)n4)c(C)c3n2)cnc1OC. The number of hydrogen-bond acceptors (Lipinski definition) is 7. The summed E-state index contributed by atoms with van der Waals surface area (Å²) >= 11 is 0. The number of aliphatic hydroxyl groups excluding tert-OH is 1. The summed E-state index contributed by atoms with van der Waals surface area (Å²) in [6.07, 6.45) is -6.05. The highest BCUT2D eigenvalue weighted by Crippen LogP contribution is 2.36. The molecular formula is C22H19F3N4O4. The number of halogens is 3. The van der Waals surface area contributed by atoms with Gasteiger partial charge in [0.15, 0.2) is 11.9 Å². The van der Waals surface area contributed by atoms with Gasteiger partial charge in [-0.05, 0) is 37.3 Å². The van der Waals surface area contributed by atoms with Gasteiger partial charge in [-0.3, -0.25) is 4.57 Å². The van der Waals surface area contributed by atoms with Gasteiger partial charge in [0.1, 0.15) is 5.82 Å². The van der Waals surface area contributed by atoms with Gasteiger partial charge >= 0.3 is 6.18 Å². The van der Waals surface area contributed by atoms with Gasteiger partial charge in [0.25, 0.3) is 5.88 Å². The van der Waals surface area contributed by atoms with E-state index >= 15 is 0 Å². The number of aromatic nitrogens is 4. The Bertz CT molecular complexity index is 1340. The second-order valence-corrected chi connectivity index (χ2v) is 7.14. The van der Waals surface area contributed by atoms with Crippen molar-refractivity contribution in [1.29, 1.82) is 0 Å². The molecule has 4 rings (SSSR count). The number of pyridine rings is 3. The molecule has 11 heteroatoms. The van der Waals surface area contributed by atoms with Crippen molar-refractivity contribution in [1.82, 2.24) is 19.5 Å². The molecule has 0 aliphatic rings. The number of aliphatic hydroxyl groups is 1. The minimum Gasteiger partial charge on any atom is -0.494 e. The molecule has 0 radical (unpaired) electrons. The van der Waals surface area contributed by atoms with Gasteiger partial charge in [0.05, 0.1) is 42.2 Å². The number of aryl methyl sites for hydroxylation is 1. The molecule has 4 aromatic rings. The summed E-state index contributed by atoms with van der Waals surface area (Å²) in [6, 6.07) is 8.84. The van der Waals surface area contributed by atoms with Crippen LogP contribution in [-0.2, 0) is 0 Å². The molecule has 0 aromatic carbocycles. The van der Waals surface area contributed by atoms with Gasteiger partial charge in [-0.25, -0.2) is 15.0 Å². The average Bonchev–Trinajstić information content (AvgIpc) is 3.06. The Morgan fingerprint density at radius 3 is 2.48 bits per heavy atom. The van der Waals surface area contributed by atoms with Crippen molar-refractivity contribution in [3.63, 3.8) is 0 Å². The van der Waals surface area contributed by atoms with E-state index in [2.05, 4.69) is 15.0 Å². The van der Waals surface area contributed by atoms with Crippen LogP contribution < -0.4 is 9.47 Å². The van der Waals surface area contributed by atoms with Crippen molar-refractivity contribution >= 4 is 10.9 Å². The molecule has 4 aromatic heterocycles. The van der Waals surface area contributed by atoms with Gasteiger partial charge in [-0.2, -0.15) is 13.2 Å². The van der Waals surface area contributed by atoms with Crippen LogP contribution in [0.2, 0.25) is 0 Å². The molecule has 33 heavy (non-hydrogen) atoms. The maximum Gasteiger partial charge on any atom is 0.420 e. The molecule has 1 atom stereocenters. The molecule has 0 amide bonds. The fourth-order valence-electron chi connectivity index (χ4n) is 3.50. The lowest BCUT2D eigenvalue weighted by atomic mass is 10.1. The third kappa shape index (κ3) is 3.91. The number of methoxy groups -OCH3 is 2. The first-order valence-electron chi connectivity index (χ1n) is 9.67. The van der Waals surface area contributed by atoms with Crippen molar-refractivity contribution in [3.8, 4) is 34.6 Å². The number of rotatable bonds is 5. The first-order chi connectivity index (χ1) is 15.7. The minimum atomic E-state index is -4.87. The van der Waals surface area contributed by atoms with E-state index in [1.807, 2.05) is 0 Å². The quantitative estimate of drug-likeness (QED) is 0.462. The largest absolute Gasteiger partial charge is 0.494 e. The van der Waals surface area contributed by atoms with E-state index in [-0.39, 0.29) is 11.7 Å². The summed E-state index contributed by atoms with van der Waals surface area (Å²) in [5.41, 5.74) is 1.45. The summed E-state index contributed by atoms with van der Waals surface area (Å²) in [6.45, 7) is 1.65. The first kappa shape index (κ1) is 22.3. The van der Waals surface area contributed by atoms with E-state index in [9.17, 15) is 23.4 Å². The third-order valence-corrected chi connectivity index (χ3v) is 5.13. The van der Waals surface area contributed by atoms with Crippen LogP contribution in [-0.4, -0.2) is 50.1 Å². The summed E-state index contributed by atoms with van der Waals surface area (Å²) in [4.78, 5) is 12.7. The lowest BCUT2D eigenvalue weighted by Crippen LogP contribution is -2.21. The number of fused-ring (bicyclic) bond motifs is 1. The van der Waals surface area contributed by atoms with Gasteiger partial charge in [-0.1, -0.05) is 6.07 Å². The Morgan fingerprint density at radius 1 is 1.06 bits per heavy atom. The first-order valence-corrected chi connectivity index (χ1v) is 9.67. The molecular weight excluding hydrogens is 441 g/mol. The molecule has 2 N–H and O–H groups in total. The van der Waals surface area contributed by atoms with E-state index in [0.717, 1.165) is 6.07 Å². The predicted octanol–water partition coefficient (Wildman–Crippen LogP) is 4.11. The van der Waals surface area contributed by atoms with Gasteiger partial charge in [0.2, 0.25) is 5.88 Å². The fraction of sp³-hybridized carbons (Fsp3) is 0.227. The Kier molecular flexibility index (Phi) is 5.58. The number of nitrogens with zero attached hydrogens (tertiary/aromatic N) is 4.